The van der Waals surface area contributed by atoms with Crippen molar-refractivity contribution in [1.29, 1.82) is 0 Å². The monoisotopic (exact) mass is 536 g/mol. The maximum absolute atomic E-state index is 12.9. The van der Waals surface area contributed by atoms with Crippen LogP contribution >= 0.6 is 0 Å². The first-order valence-corrected chi connectivity index (χ1v) is 14.5. The molecule has 2 fully saturated rings. The fourth-order valence-electron chi connectivity index (χ4n) is 5.08. The average Bonchev–Trinajstić information content (AvgIpc) is 3.49. The van der Waals surface area contributed by atoms with Gasteiger partial charge >= 0.3 is 0 Å². The molecule has 8 heteroatoms. The largest absolute Gasteiger partial charge is 0.350 e. The molecule has 39 heavy (non-hydrogen) atoms. The van der Waals surface area contributed by atoms with Crippen molar-refractivity contribution in [2.24, 2.45) is 0 Å². The second-order valence-electron chi connectivity index (χ2n) is 10.5. The molecule has 2 aromatic carbocycles. The molecular formula is C31H44N4O4. The first kappa shape index (κ1) is 30.1. The quantitative estimate of drug-likeness (QED) is 0.546. The number of amides is 4. The molecule has 0 saturated carbocycles. The number of rotatable bonds is 3. The van der Waals surface area contributed by atoms with Crippen LogP contribution in [0.15, 0.2) is 42.5 Å². The molecule has 2 aliphatic rings. The molecule has 0 aromatic heterocycles. The molecule has 2 saturated heterocycles. The van der Waals surface area contributed by atoms with Crippen LogP contribution in [0.4, 0.5) is 0 Å². The Morgan fingerprint density at radius 1 is 0.846 bits per heavy atom. The minimum atomic E-state index is -0.593. The Balaban J connectivity index is 0.000000449. The zero-order valence-electron chi connectivity index (χ0n) is 23.3. The van der Waals surface area contributed by atoms with E-state index in [1.807, 2.05) is 35.2 Å². The number of carbonyl (C=O) groups excluding carboxylic acids is 4. The van der Waals surface area contributed by atoms with Crippen molar-refractivity contribution in [3.05, 3.63) is 48.0 Å². The second-order valence-corrected chi connectivity index (χ2v) is 10.5. The van der Waals surface area contributed by atoms with Crippen molar-refractivity contribution in [2.45, 2.75) is 90.1 Å². The molecule has 2 aliphatic heterocycles. The number of benzene rings is 2. The van der Waals surface area contributed by atoms with Crippen LogP contribution in [0.25, 0.3) is 10.8 Å². The minimum Gasteiger partial charge on any atom is -0.350 e. The van der Waals surface area contributed by atoms with Crippen molar-refractivity contribution in [3.8, 4) is 0 Å². The number of nitrogens with one attached hydrogen (secondary N) is 3. The molecule has 0 bridgehead atoms. The van der Waals surface area contributed by atoms with Crippen molar-refractivity contribution in [3.63, 3.8) is 0 Å². The number of nitrogens with zero attached hydrogens (tertiary/aromatic N) is 1. The molecule has 8 nitrogen and oxygen atoms in total. The Morgan fingerprint density at radius 3 is 2.23 bits per heavy atom. The summed E-state index contributed by atoms with van der Waals surface area (Å²) in [6.45, 7) is 3.91. The lowest BCUT2D eigenvalue weighted by Crippen LogP contribution is -2.49. The highest BCUT2D eigenvalue weighted by molar-refractivity contribution is 5.90. The third-order valence-electron chi connectivity index (χ3n) is 7.38. The molecule has 0 aliphatic carbocycles. The molecule has 2 aromatic rings. The summed E-state index contributed by atoms with van der Waals surface area (Å²) in [6.07, 6.45) is 10.6. The van der Waals surface area contributed by atoms with Crippen LogP contribution in [0, 0.1) is 0 Å². The number of hydrogen-bond acceptors (Lipinski definition) is 4. The van der Waals surface area contributed by atoms with Gasteiger partial charge in [0, 0.05) is 33.0 Å². The van der Waals surface area contributed by atoms with Crippen molar-refractivity contribution >= 4 is 34.4 Å². The van der Waals surface area contributed by atoms with Gasteiger partial charge in [-0.15, -0.1) is 0 Å². The van der Waals surface area contributed by atoms with Gasteiger partial charge in [0.15, 0.2) is 0 Å². The fourth-order valence-corrected chi connectivity index (χ4v) is 5.08. The lowest BCUT2D eigenvalue weighted by atomic mass is 10.0. The first-order valence-electron chi connectivity index (χ1n) is 14.5. The van der Waals surface area contributed by atoms with Crippen LogP contribution in [0.1, 0.15) is 83.1 Å². The fraction of sp³-hybridized carbons (Fsp3) is 0.548. The van der Waals surface area contributed by atoms with E-state index in [-0.39, 0.29) is 30.2 Å². The van der Waals surface area contributed by atoms with E-state index in [0.29, 0.717) is 19.4 Å². The molecule has 3 N–H and O–H groups in total. The second kappa shape index (κ2) is 16.5. The standard InChI is InChI=1S/C25H33N3O3.C6H11NO/c29-23-16-7-5-3-1-2-4-6-15-22(28-24(30)18-26-23)25(31)27-17-20-13-10-12-19-11-8-9-14-21(19)20;1-6(8)7-4-2-3-5-7/h8-14,22H,1-7,15-18H2,(H,26,29)(H,27,31)(H,28,30);2-5H2,1H3. The third kappa shape index (κ3) is 10.7. The molecule has 2 heterocycles. The van der Waals surface area contributed by atoms with Crippen LogP contribution in [0.5, 0.6) is 0 Å². The number of carbonyl (C=O) groups is 4. The van der Waals surface area contributed by atoms with Crippen LogP contribution in [0.3, 0.4) is 0 Å². The topological polar surface area (TPSA) is 108 Å². The highest BCUT2D eigenvalue weighted by Crippen LogP contribution is 2.18. The molecular weight excluding hydrogens is 492 g/mol. The summed E-state index contributed by atoms with van der Waals surface area (Å²) in [5.74, 6) is -0.394. The molecule has 0 spiro atoms. The lowest BCUT2D eigenvalue weighted by molar-refractivity contribution is -0.130. The number of likely N-dealkylation sites (tertiary alicyclic amines) is 1. The zero-order valence-corrected chi connectivity index (χ0v) is 23.3. The van der Waals surface area contributed by atoms with Gasteiger partial charge < -0.3 is 20.9 Å². The Bertz CT molecular complexity index is 1090. The van der Waals surface area contributed by atoms with Gasteiger partial charge in [0.25, 0.3) is 0 Å². The summed E-state index contributed by atoms with van der Waals surface area (Å²) >= 11 is 0. The lowest BCUT2D eigenvalue weighted by Gasteiger charge is -2.19. The van der Waals surface area contributed by atoms with Gasteiger partial charge in [-0.25, -0.2) is 0 Å². The van der Waals surface area contributed by atoms with Gasteiger partial charge in [-0.3, -0.25) is 19.2 Å². The summed E-state index contributed by atoms with van der Waals surface area (Å²) < 4.78 is 0. The van der Waals surface area contributed by atoms with Gasteiger partial charge in [-0.2, -0.15) is 0 Å². The highest BCUT2D eigenvalue weighted by Gasteiger charge is 2.21. The maximum atomic E-state index is 12.9. The van der Waals surface area contributed by atoms with E-state index in [1.165, 1.54) is 12.8 Å². The summed E-state index contributed by atoms with van der Waals surface area (Å²) in [6, 6.07) is 13.5. The molecule has 1 atom stereocenters. The minimum absolute atomic E-state index is 0.0913. The van der Waals surface area contributed by atoms with E-state index in [2.05, 4.69) is 28.1 Å². The molecule has 212 valence electrons. The first-order chi connectivity index (χ1) is 18.9. The van der Waals surface area contributed by atoms with E-state index in [1.54, 1.807) is 6.92 Å². The summed E-state index contributed by atoms with van der Waals surface area (Å²) in [5.41, 5.74) is 1.04. The van der Waals surface area contributed by atoms with E-state index >= 15 is 0 Å². The summed E-state index contributed by atoms with van der Waals surface area (Å²) in [7, 11) is 0. The van der Waals surface area contributed by atoms with Gasteiger partial charge in [0.1, 0.15) is 6.04 Å². The van der Waals surface area contributed by atoms with Gasteiger partial charge in [0.05, 0.1) is 6.54 Å². The highest BCUT2D eigenvalue weighted by atomic mass is 16.2. The van der Waals surface area contributed by atoms with Gasteiger partial charge in [0.2, 0.25) is 23.6 Å². The van der Waals surface area contributed by atoms with E-state index in [4.69, 9.17) is 0 Å². The Labute approximate surface area is 232 Å². The maximum Gasteiger partial charge on any atom is 0.242 e. The van der Waals surface area contributed by atoms with Crippen LogP contribution in [0.2, 0.25) is 0 Å². The van der Waals surface area contributed by atoms with Gasteiger partial charge in [-0.05, 0) is 42.0 Å². The summed E-state index contributed by atoms with van der Waals surface area (Å²) in [5, 5.41) is 10.7. The van der Waals surface area contributed by atoms with E-state index < -0.39 is 6.04 Å². The SMILES string of the molecule is CC(=O)N1CCCC1.O=C1CCCCCCCCCC(C(=O)NCc2cccc3ccccc23)NC(=O)CN1. The van der Waals surface area contributed by atoms with E-state index in [0.717, 1.165) is 74.4 Å². The van der Waals surface area contributed by atoms with Crippen molar-refractivity contribution < 1.29 is 19.2 Å². The molecule has 1 unspecified atom stereocenters. The normalized spacial score (nSPS) is 19.5. The van der Waals surface area contributed by atoms with Crippen LogP contribution < -0.4 is 16.0 Å². The molecule has 4 rings (SSSR count). The van der Waals surface area contributed by atoms with Crippen molar-refractivity contribution in [1.82, 2.24) is 20.9 Å². The average molecular weight is 537 g/mol. The molecule has 0 radical (unpaired) electrons. The predicted octanol–water partition coefficient (Wildman–Crippen LogP) is 4.21. The Kier molecular flexibility index (Phi) is 12.8. The predicted molar refractivity (Wildman–Crippen MR) is 154 cm³/mol. The van der Waals surface area contributed by atoms with E-state index in [9.17, 15) is 19.2 Å². The zero-order chi connectivity index (χ0) is 27.9. The van der Waals surface area contributed by atoms with Crippen LogP contribution in [-0.2, 0) is 25.7 Å². The Morgan fingerprint density at radius 2 is 1.51 bits per heavy atom. The number of hydrogen-bond donors (Lipinski definition) is 3. The third-order valence-corrected chi connectivity index (χ3v) is 7.38. The summed E-state index contributed by atoms with van der Waals surface area (Å²) in [4.78, 5) is 49.6. The van der Waals surface area contributed by atoms with Gasteiger partial charge in [-0.1, -0.05) is 81.0 Å². The van der Waals surface area contributed by atoms with Crippen molar-refractivity contribution in [2.75, 3.05) is 19.6 Å². The Hall–Kier alpha value is -3.42. The number of fused-ring (bicyclic) bond motifs is 1. The van der Waals surface area contributed by atoms with Crippen LogP contribution in [-0.4, -0.2) is 54.2 Å². The molecule has 4 amide bonds. The smallest absolute Gasteiger partial charge is 0.242 e.